The summed E-state index contributed by atoms with van der Waals surface area (Å²) in [6.45, 7) is 5.58. The second-order valence-corrected chi connectivity index (χ2v) is 4.83. The zero-order valence-corrected chi connectivity index (χ0v) is 11.3. The van der Waals surface area contributed by atoms with Crippen molar-refractivity contribution in [1.29, 1.82) is 0 Å². The molecule has 3 heteroatoms. The van der Waals surface area contributed by atoms with Crippen LogP contribution in [0.2, 0.25) is 0 Å². The van der Waals surface area contributed by atoms with Gasteiger partial charge in [-0.1, -0.05) is 19.1 Å². The molecule has 2 N–H and O–H groups in total. The van der Waals surface area contributed by atoms with Gasteiger partial charge in [-0.05, 0) is 49.9 Å². The highest BCUT2D eigenvalue weighted by molar-refractivity contribution is 6.04. The first-order valence-electron chi connectivity index (χ1n) is 6.87. The van der Waals surface area contributed by atoms with Crippen molar-refractivity contribution in [2.75, 3.05) is 18.0 Å². The topological polar surface area (TPSA) is 46.3 Å². The fourth-order valence-electron chi connectivity index (χ4n) is 2.75. The average molecular weight is 246 g/mol. The van der Waals surface area contributed by atoms with Crippen LogP contribution in [-0.2, 0) is 11.2 Å². The first-order chi connectivity index (χ1) is 8.72. The van der Waals surface area contributed by atoms with E-state index in [0.29, 0.717) is 6.54 Å². The van der Waals surface area contributed by atoms with Gasteiger partial charge in [0.15, 0.2) is 0 Å². The van der Waals surface area contributed by atoms with Crippen molar-refractivity contribution >= 4 is 11.6 Å². The van der Waals surface area contributed by atoms with Crippen LogP contribution in [0.4, 0.5) is 5.69 Å². The molecule has 18 heavy (non-hydrogen) atoms. The van der Waals surface area contributed by atoms with E-state index in [2.05, 4.69) is 25.1 Å². The van der Waals surface area contributed by atoms with Crippen molar-refractivity contribution < 1.29 is 4.79 Å². The number of rotatable bonds is 5. The van der Waals surface area contributed by atoms with Gasteiger partial charge in [0, 0.05) is 12.2 Å². The molecule has 1 aliphatic heterocycles. The number of fused-ring (bicyclic) bond motifs is 1. The molecule has 98 valence electrons. The molecule has 1 amide bonds. The Morgan fingerprint density at radius 2 is 2.11 bits per heavy atom. The Bertz CT molecular complexity index is 442. The minimum absolute atomic E-state index is 0.0535. The van der Waals surface area contributed by atoms with E-state index in [0.717, 1.165) is 31.5 Å². The number of carbonyl (C=O) groups excluding carboxylic acids is 1. The minimum Gasteiger partial charge on any atom is -0.330 e. The van der Waals surface area contributed by atoms with Gasteiger partial charge < -0.3 is 10.6 Å². The summed E-state index contributed by atoms with van der Waals surface area (Å²) < 4.78 is 0. The monoisotopic (exact) mass is 246 g/mol. The van der Waals surface area contributed by atoms with E-state index in [1.165, 1.54) is 11.1 Å². The summed E-state index contributed by atoms with van der Waals surface area (Å²) in [4.78, 5) is 14.2. The number of aryl methyl sites for hydroxylation is 1. The first kappa shape index (κ1) is 13.1. The van der Waals surface area contributed by atoms with Crippen LogP contribution in [0, 0.1) is 0 Å². The Hall–Kier alpha value is -1.35. The molecule has 0 bridgehead atoms. The zero-order chi connectivity index (χ0) is 13.1. The van der Waals surface area contributed by atoms with Crippen LogP contribution < -0.4 is 10.6 Å². The van der Waals surface area contributed by atoms with E-state index in [-0.39, 0.29) is 11.8 Å². The molecule has 3 nitrogen and oxygen atoms in total. The third-order valence-corrected chi connectivity index (χ3v) is 3.72. The first-order valence-corrected chi connectivity index (χ1v) is 6.87. The molecule has 0 radical (unpaired) electrons. The summed E-state index contributed by atoms with van der Waals surface area (Å²) >= 11 is 0. The minimum atomic E-state index is 0.0535. The van der Waals surface area contributed by atoms with E-state index in [1.54, 1.807) is 0 Å². The smallest absolute Gasteiger partial charge is 0.234 e. The van der Waals surface area contributed by atoms with Crippen LogP contribution in [0.15, 0.2) is 18.2 Å². The summed E-state index contributed by atoms with van der Waals surface area (Å²) in [7, 11) is 0. The van der Waals surface area contributed by atoms with Crippen molar-refractivity contribution in [3.05, 3.63) is 29.3 Å². The van der Waals surface area contributed by atoms with Crippen LogP contribution in [0.25, 0.3) is 0 Å². The second-order valence-electron chi connectivity index (χ2n) is 4.83. The molecule has 0 saturated heterocycles. The Balaban J connectivity index is 2.34. The van der Waals surface area contributed by atoms with E-state index >= 15 is 0 Å². The van der Waals surface area contributed by atoms with Crippen LogP contribution in [0.3, 0.4) is 0 Å². The fourth-order valence-corrected chi connectivity index (χ4v) is 2.75. The molecule has 0 saturated carbocycles. The predicted octanol–water partition coefficient (Wildman–Crippen LogP) is 2.44. The lowest BCUT2D eigenvalue weighted by Crippen LogP contribution is -2.28. The molecule has 1 aliphatic rings. The average Bonchev–Trinajstić information content (AvgIpc) is 2.66. The van der Waals surface area contributed by atoms with Gasteiger partial charge in [0.05, 0.1) is 5.92 Å². The summed E-state index contributed by atoms with van der Waals surface area (Å²) in [6.07, 6.45) is 2.88. The third kappa shape index (κ3) is 2.15. The number of nitrogens with two attached hydrogens (primary N) is 1. The molecule has 0 aromatic heterocycles. The van der Waals surface area contributed by atoms with E-state index in [4.69, 9.17) is 5.73 Å². The lowest BCUT2D eigenvalue weighted by Gasteiger charge is -2.15. The van der Waals surface area contributed by atoms with Gasteiger partial charge in [0.25, 0.3) is 0 Å². The molecule has 1 aromatic rings. The predicted molar refractivity (Wildman–Crippen MR) is 74.9 cm³/mol. The maximum absolute atomic E-state index is 12.3. The van der Waals surface area contributed by atoms with Crippen molar-refractivity contribution in [2.24, 2.45) is 5.73 Å². The normalized spacial score (nSPS) is 18.3. The molecule has 1 aromatic carbocycles. The van der Waals surface area contributed by atoms with E-state index in [1.807, 2.05) is 11.8 Å². The van der Waals surface area contributed by atoms with E-state index in [9.17, 15) is 4.79 Å². The molecule has 0 fully saturated rings. The summed E-state index contributed by atoms with van der Waals surface area (Å²) in [5.74, 6) is 0.309. The van der Waals surface area contributed by atoms with Gasteiger partial charge in [0.1, 0.15) is 0 Å². The lowest BCUT2D eigenvalue weighted by atomic mass is 9.95. The maximum Gasteiger partial charge on any atom is 0.234 e. The van der Waals surface area contributed by atoms with Gasteiger partial charge in [-0.15, -0.1) is 0 Å². The Morgan fingerprint density at radius 1 is 1.33 bits per heavy atom. The number of hydrogen-bond donors (Lipinski definition) is 1. The Kier molecular flexibility index (Phi) is 4.02. The third-order valence-electron chi connectivity index (χ3n) is 3.72. The summed E-state index contributed by atoms with van der Waals surface area (Å²) in [5, 5.41) is 0. The summed E-state index contributed by atoms with van der Waals surface area (Å²) in [5.41, 5.74) is 9.15. The van der Waals surface area contributed by atoms with Gasteiger partial charge in [-0.2, -0.15) is 0 Å². The largest absolute Gasteiger partial charge is 0.330 e. The van der Waals surface area contributed by atoms with Crippen LogP contribution in [-0.4, -0.2) is 19.0 Å². The number of anilines is 1. The molecule has 1 unspecified atom stereocenters. The highest BCUT2D eigenvalue weighted by Crippen LogP contribution is 2.39. The second kappa shape index (κ2) is 5.53. The number of nitrogens with zero attached hydrogens (tertiary/aromatic N) is 1. The Morgan fingerprint density at radius 3 is 2.72 bits per heavy atom. The molecule has 1 heterocycles. The standard InChI is InChI=1S/C15H22N2O/c1-3-12-13-10-11(6-5-9-16)7-8-14(13)17(4-2)15(12)18/h7-8,10,12H,3-6,9,16H2,1-2H3. The summed E-state index contributed by atoms with van der Waals surface area (Å²) in [6, 6.07) is 6.42. The number of amides is 1. The zero-order valence-electron chi connectivity index (χ0n) is 11.3. The number of hydrogen-bond acceptors (Lipinski definition) is 2. The van der Waals surface area contributed by atoms with Crippen LogP contribution in [0.1, 0.15) is 43.7 Å². The van der Waals surface area contributed by atoms with Crippen molar-refractivity contribution in [1.82, 2.24) is 0 Å². The maximum atomic E-state index is 12.3. The highest BCUT2D eigenvalue weighted by Gasteiger charge is 2.34. The van der Waals surface area contributed by atoms with Crippen molar-refractivity contribution in [3.63, 3.8) is 0 Å². The van der Waals surface area contributed by atoms with Gasteiger partial charge in [-0.3, -0.25) is 4.79 Å². The molecular weight excluding hydrogens is 224 g/mol. The molecule has 0 aliphatic carbocycles. The number of likely N-dealkylation sites (N-methyl/N-ethyl adjacent to an activating group) is 1. The Labute approximate surface area is 109 Å². The van der Waals surface area contributed by atoms with Crippen LogP contribution in [0.5, 0.6) is 0 Å². The van der Waals surface area contributed by atoms with Crippen LogP contribution >= 0.6 is 0 Å². The number of benzene rings is 1. The highest BCUT2D eigenvalue weighted by atomic mass is 16.2. The SMILES string of the molecule is CCC1C(=O)N(CC)c2ccc(CCCN)cc21. The molecule has 2 rings (SSSR count). The van der Waals surface area contributed by atoms with Gasteiger partial charge >= 0.3 is 0 Å². The van der Waals surface area contributed by atoms with Gasteiger partial charge in [0.2, 0.25) is 5.91 Å². The van der Waals surface area contributed by atoms with Crippen molar-refractivity contribution in [3.8, 4) is 0 Å². The quantitative estimate of drug-likeness (QED) is 0.867. The number of carbonyl (C=O) groups is 1. The van der Waals surface area contributed by atoms with E-state index < -0.39 is 0 Å². The lowest BCUT2D eigenvalue weighted by molar-refractivity contribution is -0.119. The molecule has 0 spiro atoms. The fraction of sp³-hybridized carbons (Fsp3) is 0.533. The van der Waals surface area contributed by atoms with Gasteiger partial charge in [-0.25, -0.2) is 0 Å². The molecule has 1 atom stereocenters. The molecular formula is C15H22N2O. The van der Waals surface area contributed by atoms with Crippen molar-refractivity contribution in [2.45, 2.75) is 39.0 Å².